The van der Waals surface area contributed by atoms with Crippen LogP contribution in [0.5, 0.6) is 5.75 Å². The van der Waals surface area contributed by atoms with Crippen molar-refractivity contribution in [3.63, 3.8) is 0 Å². The fraction of sp³-hybridized carbons (Fsp3) is 0.520. The van der Waals surface area contributed by atoms with Crippen LogP contribution < -0.4 is 10.1 Å². The van der Waals surface area contributed by atoms with E-state index in [1.54, 1.807) is 12.1 Å². The lowest BCUT2D eigenvalue weighted by Crippen LogP contribution is -2.21. The van der Waals surface area contributed by atoms with Crippen LogP contribution in [0.15, 0.2) is 48.5 Å². The van der Waals surface area contributed by atoms with E-state index < -0.39 is 6.10 Å². The van der Waals surface area contributed by atoms with Crippen molar-refractivity contribution in [2.75, 3.05) is 13.2 Å². The molecule has 0 amide bonds. The van der Waals surface area contributed by atoms with Gasteiger partial charge in [0.05, 0.1) is 12.7 Å². The van der Waals surface area contributed by atoms with Crippen molar-refractivity contribution < 1.29 is 14.2 Å². The third-order valence-corrected chi connectivity index (χ3v) is 5.38. The van der Waals surface area contributed by atoms with E-state index in [0.29, 0.717) is 31.1 Å². The van der Waals surface area contributed by atoms with Gasteiger partial charge in [-0.25, -0.2) is 4.39 Å². The van der Waals surface area contributed by atoms with Crippen LogP contribution in [0.25, 0.3) is 0 Å². The Morgan fingerprint density at radius 3 is 2.31 bits per heavy atom. The van der Waals surface area contributed by atoms with E-state index in [4.69, 9.17) is 4.74 Å². The summed E-state index contributed by atoms with van der Waals surface area (Å²) in [5, 5.41) is 14.0. The highest BCUT2D eigenvalue weighted by atomic mass is 19.1. The second-order valence-corrected chi connectivity index (χ2v) is 7.84. The van der Waals surface area contributed by atoms with Gasteiger partial charge in [-0.15, -0.1) is 0 Å². The molecule has 0 bridgehead atoms. The van der Waals surface area contributed by atoms with E-state index in [1.807, 2.05) is 18.2 Å². The molecular formula is C25H36FNO2. The zero-order valence-corrected chi connectivity index (χ0v) is 18.0. The van der Waals surface area contributed by atoms with Crippen LogP contribution in [0.1, 0.15) is 76.1 Å². The molecule has 3 nitrogen and oxygen atoms in total. The number of benzene rings is 2. The van der Waals surface area contributed by atoms with Crippen molar-refractivity contribution in [1.82, 2.24) is 5.32 Å². The van der Waals surface area contributed by atoms with Gasteiger partial charge >= 0.3 is 0 Å². The summed E-state index contributed by atoms with van der Waals surface area (Å²) in [4.78, 5) is 0. The molecule has 2 aromatic rings. The monoisotopic (exact) mass is 401 g/mol. The Bertz CT molecular complexity index is 701. The molecule has 0 aromatic heterocycles. The molecule has 0 spiro atoms. The molecule has 0 aliphatic heterocycles. The molecule has 2 N–H and O–H groups in total. The molecular weight excluding hydrogens is 365 g/mol. The van der Waals surface area contributed by atoms with Gasteiger partial charge in [-0.1, -0.05) is 63.1 Å². The van der Waals surface area contributed by atoms with Gasteiger partial charge in [0, 0.05) is 6.04 Å². The van der Waals surface area contributed by atoms with E-state index in [9.17, 15) is 9.50 Å². The zero-order chi connectivity index (χ0) is 21.1. The van der Waals surface area contributed by atoms with Gasteiger partial charge in [0.25, 0.3) is 0 Å². The summed E-state index contributed by atoms with van der Waals surface area (Å²) in [7, 11) is 0. The third-order valence-electron chi connectivity index (χ3n) is 5.38. The third kappa shape index (κ3) is 7.79. The molecule has 0 saturated carbocycles. The SMILES string of the molecule is CCCC(CCC)COc1cc([C@H](O)CCN[C@@H](C)c2ccccc2)ccc1F. The van der Waals surface area contributed by atoms with Gasteiger partial charge in [0.15, 0.2) is 11.6 Å². The number of aliphatic hydroxyl groups excluding tert-OH is 1. The van der Waals surface area contributed by atoms with Crippen LogP contribution in [0, 0.1) is 11.7 Å². The fourth-order valence-corrected chi connectivity index (χ4v) is 3.64. The molecule has 0 saturated heterocycles. The van der Waals surface area contributed by atoms with Gasteiger partial charge in [-0.05, 0) is 61.9 Å². The predicted octanol–water partition coefficient (Wildman–Crippen LogP) is 6.20. The lowest BCUT2D eigenvalue weighted by Gasteiger charge is -2.19. The highest BCUT2D eigenvalue weighted by Crippen LogP contribution is 2.26. The zero-order valence-electron chi connectivity index (χ0n) is 18.0. The Labute approximate surface area is 175 Å². The molecule has 0 aliphatic rings. The topological polar surface area (TPSA) is 41.5 Å². The van der Waals surface area contributed by atoms with Crippen molar-refractivity contribution in [2.24, 2.45) is 5.92 Å². The van der Waals surface area contributed by atoms with Crippen molar-refractivity contribution in [3.05, 3.63) is 65.5 Å². The number of hydrogen-bond donors (Lipinski definition) is 2. The minimum Gasteiger partial charge on any atom is -0.490 e. The standard InChI is InChI=1S/C25H36FNO2/c1-4-9-20(10-5-2)18-29-25-17-22(13-14-23(25)26)24(28)15-16-27-19(3)21-11-7-6-8-12-21/h6-8,11-14,17,19-20,24,27-28H,4-5,9-10,15-16,18H2,1-3H3/t19-,24+/m0/s1. The van der Waals surface area contributed by atoms with Crippen LogP contribution in [-0.2, 0) is 0 Å². The average Bonchev–Trinajstić information content (AvgIpc) is 2.73. The Morgan fingerprint density at radius 1 is 0.966 bits per heavy atom. The van der Waals surface area contributed by atoms with Gasteiger partial charge < -0.3 is 15.2 Å². The Balaban J connectivity index is 1.88. The van der Waals surface area contributed by atoms with Gasteiger partial charge in [-0.3, -0.25) is 0 Å². The fourth-order valence-electron chi connectivity index (χ4n) is 3.64. The molecule has 2 atom stereocenters. The quantitative estimate of drug-likeness (QED) is 0.420. The molecule has 0 unspecified atom stereocenters. The van der Waals surface area contributed by atoms with Crippen molar-refractivity contribution >= 4 is 0 Å². The molecule has 0 radical (unpaired) electrons. The summed E-state index contributed by atoms with van der Waals surface area (Å²) < 4.78 is 20.0. The molecule has 0 aliphatic carbocycles. The van der Waals surface area contributed by atoms with Gasteiger partial charge in [0.1, 0.15) is 0 Å². The highest BCUT2D eigenvalue weighted by molar-refractivity contribution is 5.31. The number of aliphatic hydroxyl groups is 1. The van der Waals surface area contributed by atoms with Crippen LogP contribution >= 0.6 is 0 Å². The number of ether oxygens (including phenoxy) is 1. The van der Waals surface area contributed by atoms with E-state index in [0.717, 1.165) is 25.7 Å². The first-order valence-corrected chi connectivity index (χ1v) is 10.9. The number of rotatable bonds is 13. The lowest BCUT2D eigenvalue weighted by atomic mass is 9.99. The molecule has 2 aromatic carbocycles. The maximum atomic E-state index is 14.2. The van der Waals surface area contributed by atoms with Crippen LogP contribution in [0.2, 0.25) is 0 Å². The Kier molecular flexibility index (Phi) is 10.2. The number of nitrogens with one attached hydrogen (secondary N) is 1. The minimum atomic E-state index is -0.657. The van der Waals surface area contributed by atoms with E-state index >= 15 is 0 Å². The van der Waals surface area contributed by atoms with Crippen molar-refractivity contribution in [2.45, 2.75) is 65.0 Å². The first-order chi connectivity index (χ1) is 14.0. The Hall–Kier alpha value is -1.91. The van der Waals surface area contributed by atoms with Gasteiger partial charge in [0.2, 0.25) is 0 Å². The predicted molar refractivity (Wildman–Crippen MR) is 118 cm³/mol. The number of hydrogen-bond acceptors (Lipinski definition) is 3. The summed E-state index contributed by atoms with van der Waals surface area (Å²) in [6, 6.07) is 15.1. The first kappa shape index (κ1) is 23.4. The normalized spacial score (nSPS) is 13.4. The summed E-state index contributed by atoms with van der Waals surface area (Å²) >= 11 is 0. The van der Waals surface area contributed by atoms with Crippen molar-refractivity contribution in [3.8, 4) is 5.75 Å². The van der Waals surface area contributed by atoms with Crippen LogP contribution in [0.4, 0.5) is 4.39 Å². The molecule has 4 heteroatoms. The smallest absolute Gasteiger partial charge is 0.165 e. The van der Waals surface area contributed by atoms with Gasteiger partial charge in [-0.2, -0.15) is 0 Å². The molecule has 29 heavy (non-hydrogen) atoms. The van der Waals surface area contributed by atoms with E-state index in [1.165, 1.54) is 11.6 Å². The molecule has 160 valence electrons. The van der Waals surface area contributed by atoms with Crippen LogP contribution in [-0.4, -0.2) is 18.3 Å². The Morgan fingerprint density at radius 2 is 1.66 bits per heavy atom. The average molecular weight is 402 g/mol. The highest BCUT2D eigenvalue weighted by Gasteiger charge is 2.14. The minimum absolute atomic E-state index is 0.213. The molecule has 2 rings (SSSR count). The lowest BCUT2D eigenvalue weighted by molar-refractivity contribution is 0.164. The maximum absolute atomic E-state index is 14.2. The summed E-state index contributed by atoms with van der Waals surface area (Å²) in [6.07, 6.45) is 4.27. The van der Waals surface area contributed by atoms with Crippen LogP contribution in [0.3, 0.4) is 0 Å². The van der Waals surface area contributed by atoms with E-state index in [2.05, 4.69) is 38.2 Å². The summed E-state index contributed by atoms with van der Waals surface area (Å²) in [6.45, 7) is 7.61. The number of halogens is 1. The summed E-state index contributed by atoms with van der Waals surface area (Å²) in [5.41, 5.74) is 1.91. The van der Waals surface area contributed by atoms with Crippen molar-refractivity contribution in [1.29, 1.82) is 0 Å². The largest absolute Gasteiger partial charge is 0.490 e. The molecule has 0 fully saturated rings. The maximum Gasteiger partial charge on any atom is 0.165 e. The van der Waals surface area contributed by atoms with E-state index in [-0.39, 0.29) is 17.6 Å². The summed E-state index contributed by atoms with van der Waals surface area (Å²) in [5.74, 6) is 0.314. The second kappa shape index (κ2) is 12.6. The molecule has 0 heterocycles. The first-order valence-electron chi connectivity index (χ1n) is 10.9. The second-order valence-electron chi connectivity index (χ2n) is 7.84.